The van der Waals surface area contributed by atoms with Crippen LogP contribution in [0.15, 0.2) is 23.1 Å². The normalized spacial score (nSPS) is 16.1. The summed E-state index contributed by atoms with van der Waals surface area (Å²) in [7, 11) is 1.69. The number of ether oxygens (including phenoxy) is 1. The molecule has 0 aromatic heterocycles. The van der Waals surface area contributed by atoms with Crippen LogP contribution in [0.4, 0.5) is 5.69 Å². The Morgan fingerprint density at radius 3 is 2.83 bits per heavy atom. The van der Waals surface area contributed by atoms with Crippen molar-refractivity contribution < 1.29 is 4.74 Å². The summed E-state index contributed by atoms with van der Waals surface area (Å²) in [4.78, 5) is 3.69. The van der Waals surface area contributed by atoms with Gasteiger partial charge in [-0.05, 0) is 62.8 Å². The molecule has 1 fully saturated rings. The smallest absolute Gasteiger partial charge is 0.120 e. The minimum Gasteiger partial charge on any atom is -0.497 e. The molecule has 1 saturated heterocycles. The first-order valence-electron chi connectivity index (χ1n) is 6.58. The van der Waals surface area contributed by atoms with Gasteiger partial charge in [-0.1, -0.05) is 0 Å². The fourth-order valence-corrected chi connectivity index (χ4v) is 3.17. The molecule has 4 heteroatoms. The molecule has 0 saturated carbocycles. The van der Waals surface area contributed by atoms with Crippen molar-refractivity contribution in [2.75, 3.05) is 38.2 Å². The fourth-order valence-electron chi connectivity index (χ4n) is 2.24. The minimum atomic E-state index is 0.849. The molecule has 0 atom stereocenters. The maximum atomic E-state index is 5.96. The monoisotopic (exact) mass is 266 g/mol. The van der Waals surface area contributed by atoms with Crippen LogP contribution in [-0.2, 0) is 0 Å². The molecular weight excluding hydrogens is 244 g/mol. The van der Waals surface area contributed by atoms with E-state index in [1.54, 1.807) is 7.11 Å². The molecule has 1 aromatic rings. The number of methoxy groups -OCH3 is 1. The van der Waals surface area contributed by atoms with Gasteiger partial charge in [-0.15, -0.1) is 11.8 Å². The van der Waals surface area contributed by atoms with E-state index >= 15 is 0 Å². The minimum absolute atomic E-state index is 0.849. The highest BCUT2D eigenvalue weighted by Crippen LogP contribution is 2.29. The maximum absolute atomic E-state index is 5.96. The van der Waals surface area contributed by atoms with Gasteiger partial charge in [0.1, 0.15) is 5.75 Å². The second-order valence-electron chi connectivity index (χ2n) is 4.65. The van der Waals surface area contributed by atoms with Crippen LogP contribution in [0.25, 0.3) is 0 Å². The summed E-state index contributed by atoms with van der Waals surface area (Å²) in [6.45, 7) is 3.79. The molecule has 1 aliphatic rings. The SMILES string of the molecule is COc1ccc(N)c(SCCCN2CCCC2)c1. The molecule has 100 valence electrons. The van der Waals surface area contributed by atoms with Crippen molar-refractivity contribution in [2.45, 2.75) is 24.2 Å². The fraction of sp³-hybridized carbons (Fsp3) is 0.571. The molecule has 0 spiro atoms. The summed E-state index contributed by atoms with van der Waals surface area (Å²) in [5, 5.41) is 0. The number of thioether (sulfide) groups is 1. The van der Waals surface area contributed by atoms with Crippen molar-refractivity contribution in [1.82, 2.24) is 4.90 Å². The van der Waals surface area contributed by atoms with Gasteiger partial charge in [0.2, 0.25) is 0 Å². The average molecular weight is 266 g/mol. The third-order valence-electron chi connectivity index (χ3n) is 3.30. The first kappa shape index (κ1) is 13.6. The summed E-state index contributed by atoms with van der Waals surface area (Å²) < 4.78 is 5.22. The number of likely N-dealkylation sites (tertiary alicyclic amines) is 1. The highest BCUT2D eigenvalue weighted by atomic mass is 32.2. The Bertz CT molecular complexity index is 378. The van der Waals surface area contributed by atoms with Gasteiger partial charge in [-0.25, -0.2) is 0 Å². The van der Waals surface area contributed by atoms with Crippen LogP contribution in [0.2, 0.25) is 0 Å². The lowest BCUT2D eigenvalue weighted by Crippen LogP contribution is -2.20. The molecule has 0 aliphatic carbocycles. The molecule has 1 aliphatic heterocycles. The average Bonchev–Trinajstić information content (AvgIpc) is 2.89. The molecule has 3 nitrogen and oxygen atoms in total. The topological polar surface area (TPSA) is 38.5 Å². The molecule has 0 radical (unpaired) electrons. The Balaban J connectivity index is 1.75. The first-order chi connectivity index (χ1) is 8.79. The quantitative estimate of drug-likeness (QED) is 0.488. The van der Waals surface area contributed by atoms with Gasteiger partial charge in [-0.3, -0.25) is 0 Å². The molecule has 0 amide bonds. The van der Waals surface area contributed by atoms with Crippen LogP contribution < -0.4 is 10.5 Å². The van der Waals surface area contributed by atoms with E-state index in [4.69, 9.17) is 10.5 Å². The molecule has 0 unspecified atom stereocenters. The van der Waals surface area contributed by atoms with Crippen molar-refractivity contribution >= 4 is 17.4 Å². The van der Waals surface area contributed by atoms with E-state index in [-0.39, 0.29) is 0 Å². The summed E-state index contributed by atoms with van der Waals surface area (Å²) in [6, 6.07) is 5.85. The Hall–Kier alpha value is -0.870. The second kappa shape index (κ2) is 6.90. The first-order valence-corrected chi connectivity index (χ1v) is 7.57. The summed E-state index contributed by atoms with van der Waals surface area (Å²) >= 11 is 1.83. The summed E-state index contributed by atoms with van der Waals surface area (Å²) in [5.41, 5.74) is 6.81. The lowest BCUT2D eigenvalue weighted by Gasteiger charge is -2.14. The van der Waals surface area contributed by atoms with E-state index in [2.05, 4.69) is 4.90 Å². The van der Waals surface area contributed by atoms with Gasteiger partial charge in [0.05, 0.1) is 7.11 Å². The van der Waals surface area contributed by atoms with Gasteiger partial charge in [-0.2, -0.15) is 0 Å². The Labute approximate surface area is 114 Å². The second-order valence-corrected chi connectivity index (χ2v) is 5.79. The van der Waals surface area contributed by atoms with E-state index in [0.717, 1.165) is 22.1 Å². The van der Waals surface area contributed by atoms with Crippen molar-refractivity contribution in [3.63, 3.8) is 0 Å². The number of hydrogen-bond donors (Lipinski definition) is 1. The van der Waals surface area contributed by atoms with Gasteiger partial charge >= 0.3 is 0 Å². The number of nitrogens with two attached hydrogens (primary N) is 1. The van der Waals surface area contributed by atoms with Crippen LogP contribution in [0.5, 0.6) is 5.75 Å². The number of nitrogen functional groups attached to an aromatic ring is 1. The van der Waals surface area contributed by atoms with E-state index in [0.29, 0.717) is 0 Å². The molecule has 2 rings (SSSR count). The number of anilines is 1. The van der Waals surface area contributed by atoms with Crippen molar-refractivity contribution in [3.05, 3.63) is 18.2 Å². The Morgan fingerprint density at radius 1 is 1.33 bits per heavy atom. The largest absolute Gasteiger partial charge is 0.497 e. The number of rotatable bonds is 6. The Kier molecular flexibility index (Phi) is 5.20. The van der Waals surface area contributed by atoms with Gasteiger partial charge in [0.25, 0.3) is 0 Å². The lowest BCUT2D eigenvalue weighted by atomic mass is 10.3. The molecule has 1 aromatic carbocycles. The molecule has 1 heterocycles. The number of hydrogen-bond acceptors (Lipinski definition) is 4. The zero-order valence-corrected chi connectivity index (χ0v) is 11.8. The molecule has 18 heavy (non-hydrogen) atoms. The third-order valence-corrected chi connectivity index (χ3v) is 4.45. The van der Waals surface area contributed by atoms with E-state index in [1.165, 1.54) is 38.9 Å². The molecule has 2 N–H and O–H groups in total. The number of benzene rings is 1. The van der Waals surface area contributed by atoms with Crippen LogP contribution >= 0.6 is 11.8 Å². The van der Waals surface area contributed by atoms with Crippen LogP contribution in [0, 0.1) is 0 Å². The predicted molar refractivity (Wildman–Crippen MR) is 78.4 cm³/mol. The summed E-state index contributed by atoms with van der Waals surface area (Å²) in [5.74, 6) is 2.00. The van der Waals surface area contributed by atoms with Gasteiger partial charge in [0, 0.05) is 10.6 Å². The van der Waals surface area contributed by atoms with E-state index in [1.807, 2.05) is 30.0 Å². The van der Waals surface area contributed by atoms with Gasteiger partial charge < -0.3 is 15.4 Å². The standard InChI is InChI=1S/C14H22N2OS/c1-17-12-5-6-13(15)14(11-12)18-10-4-9-16-7-2-3-8-16/h5-6,11H,2-4,7-10,15H2,1H3. The van der Waals surface area contributed by atoms with Crippen molar-refractivity contribution in [3.8, 4) is 5.75 Å². The van der Waals surface area contributed by atoms with E-state index < -0.39 is 0 Å². The zero-order chi connectivity index (χ0) is 12.8. The van der Waals surface area contributed by atoms with Gasteiger partial charge in [0.15, 0.2) is 0 Å². The summed E-state index contributed by atoms with van der Waals surface area (Å²) in [6.07, 6.45) is 3.97. The Morgan fingerprint density at radius 2 is 2.11 bits per heavy atom. The van der Waals surface area contributed by atoms with Crippen LogP contribution in [0.3, 0.4) is 0 Å². The zero-order valence-electron chi connectivity index (χ0n) is 11.0. The number of nitrogens with zero attached hydrogens (tertiary/aromatic N) is 1. The highest BCUT2D eigenvalue weighted by Gasteiger charge is 2.10. The van der Waals surface area contributed by atoms with Crippen LogP contribution in [0.1, 0.15) is 19.3 Å². The van der Waals surface area contributed by atoms with Crippen molar-refractivity contribution in [1.29, 1.82) is 0 Å². The molecule has 0 bridgehead atoms. The predicted octanol–water partition coefficient (Wildman–Crippen LogP) is 2.86. The third kappa shape index (κ3) is 3.82. The molecular formula is C14H22N2OS. The van der Waals surface area contributed by atoms with E-state index in [9.17, 15) is 0 Å². The van der Waals surface area contributed by atoms with Crippen molar-refractivity contribution in [2.24, 2.45) is 0 Å². The van der Waals surface area contributed by atoms with Crippen LogP contribution in [-0.4, -0.2) is 37.4 Å². The maximum Gasteiger partial charge on any atom is 0.120 e. The lowest BCUT2D eigenvalue weighted by molar-refractivity contribution is 0.341. The highest BCUT2D eigenvalue weighted by molar-refractivity contribution is 7.99.